The van der Waals surface area contributed by atoms with Crippen LogP contribution in [-0.2, 0) is 0 Å². The number of hydrogen-bond acceptors (Lipinski definition) is 2. The lowest BCUT2D eigenvalue weighted by molar-refractivity contribution is 0.493. The maximum Gasteiger partial charge on any atom is 0.0954 e. The number of likely N-dealkylation sites (N-methyl/N-ethyl adjacent to an activating group) is 1. The summed E-state index contributed by atoms with van der Waals surface area (Å²) >= 11 is 0. The largest absolute Gasteiger partial charge is 0.331 e. The van der Waals surface area contributed by atoms with E-state index < -0.39 is 0 Å². The van der Waals surface area contributed by atoms with E-state index in [1.165, 1.54) is 5.69 Å². The van der Waals surface area contributed by atoms with Gasteiger partial charge in [0.25, 0.3) is 0 Å². The van der Waals surface area contributed by atoms with Crippen LogP contribution < -0.4 is 5.32 Å². The lowest BCUT2D eigenvalue weighted by Gasteiger charge is -2.15. The maximum atomic E-state index is 4.28. The molecule has 0 radical (unpaired) electrons. The van der Waals surface area contributed by atoms with Crippen LogP contribution in [-0.4, -0.2) is 22.6 Å². The molecule has 1 N–H and O–H groups in total. The molecule has 0 aliphatic carbocycles. The monoisotopic (exact) mass is 181 g/mol. The minimum absolute atomic E-state index is 0.487. The number of aromatic nitrogens is 2. The first kappa shape index (κ1) is 10.3. The zero-order chi connectivity index (χ0) is 9.84. The molecule has 1 unspecified atom stereocenters. The van der Waals surface area contributed by atoms with E-state index in [9.17, 15) is 0 Å². The molecule has 0 saturated carbocycles. The first-order chi connectivity index (χ1) is 6.16. The second-order valence-corrected chi connectivity index (χ2v) is 3.48. The highest BCUT2D eigenvalue weighted by Crippen LogP contribution is 2.11. The Morgan fingerprint density at radius 2 is 2.23 bits per heavy atom. The van der Waals surface area contributed by atoms with Crippen LogP contribution in [0.5, 0.6) is 0 Å². The maximum absolute atomic E-state index is 4.28. The topological polar surface area (TPSA) is 29.9 Å². The first-order valence-electron chi connectivity index (χ1n) is 4.87. The van der Waals surface area contributed by atoms with Crippen molar-refractivity contribution in [2.45, 2.75) is 33.7 Å². The van der Waals surface area contributed by atoms with Gasteiger partial charge in [0.15, 0.2) is 0 Å². The van der Waals surface area contributed by atoms with Crippen LogP contribution in [0.1, 0.15) is 31.3 Å². The molecular formula is C10H19N3. The van der Waals surface area contributed by atoms with Gasteiger partial charge in [-0.15, -0.1) is 0 Å². The highest BCUT2D eigenvalue weighted by molar-refractivity contribution is 5.09. The van der Waals surface area contributed by atoms with Gasteiger partial charge in [-0.05, 0) is 27.3 Å². The van der Waals surface area contributed by atoms with E-state index in [-0.39, 0.29) is 0 Å². The van der Waals surface area contributed by atoms with Crippen molar-refractivity contribution in [3.8, 4) is 0 Å². The molecule has 1 aromatic rings. The predicted octanol–water partition coefficient (Wildman–Crippen LogP) is 1.67. The van der Waals surface area contributed by atoms with Crippen LogP contribution in [0.25, 0.3) is 0 Å². The van der Waals surface area contributed by atoms with Crippen LogP contribution in [0.3, 0.4) is 0 Å². The third-order valence-corrected chi connectivity index (χ3v) is 2.45. The molecule has 0 saturated heterocycles. The van der Waals surface area contributed by atoms with Gasteiger partial charge in [-0.25, -0.2) is 4.98 Å². The summed E-state index contributed by atoms with van der Waals surface area (Å²) in [4.78, 5) is 4.28. The molecule has 1 heterocycles. The molecule has 0 aliphatic rings. The van der Waals surface area contributed by atoms with Gasteiger partial charge in [0, 0.05) is 18.3 Å². The lowest BCUT2D eigenvalue weighted by atomic mass is 10.3. The highest BCUT2D eigenvalue weighted by atomic mass is 15.1. The van der Waals surface area contributed by atoms with Gasteiger partial charge < -0.3 is 9.88 Å². The Bertz CT molecular complexity index is 265. The Labute approximate surface area is 80.2 Å². The van der Waals surface area contributed by atoms with E-state index >= 15 is 0 Å². The Morgan fingerprint density at radius 1 is 1.54 bits per heavy atom. The molecule has 1 aromatic heterocycles. The molecule has 74 valence electrons. The van der Waals surface area contributed by atoms with Crippen molar-refractivity contribution >= 4 is 0 Å². The lowest BCUT2D eigenvalue weighted by Crippen LogP contribution is -2.23. The first-order valence-corrected chi connectivity index (χ1v) is 4.87. The minimum Gasteiger partial charge on any atom is -0.331 e. The molecule has 0 spiro atoms. The number of hydrogen-bond donors (Lipinski definition) is 1. The molecule has 0 bridgehead atoms. The standard InChI is InChI=1S/C10H19N3/c1-5-11-6-8(2)13-7-12-9(3)10(13)4/h7-8,11H,5-6H2,1-4H3. The fourth-order valence-electron chi connectivity index (χ4n) is 1.41. The van der Waals surface area contributed by atoms with Gasteiger partial charge in [-0.1, -0.05) is 6.92 Å². The predicted molar refractivity (Wildman–Crippen MR) is 55.0 cm³/mol. The van der Waals surface area contributed by atoms with E-state index in [0.29, 0.717) is 6.04 Å². The molecule has 0 aliphatic heterocycles. The Kier molecular flexibility index (Phi) is 3.48. The fraction of sp³-hybridized carbons (Fsp3) is 0.700. The molecule has 1 rings (SSSR count). The van der Waals surface area contributed by atoms with Crippen LogP contribution >= 0.6 is 0 Å². The van der Waals surface area contributed by atoms with E-state index in [2.05, 4.69) is 35.6 Å². The number of nitrogens with one attached hydrogen (secondary N) is 1. The molecule has 3 nitrogen and oxygen atoms in total. The third-order valence-electron chi connectivity index (χ3n) is 2.45. The van der Waals surface area contributed by atoms with Crippen LogP contribution in [0, 0.1) is 13.8 Å². The average Bonchev–Trinajstić information content (AvgIpc) is 2.44. The van der Waals surface area contributed by atoms with Crippen molar-refractivity contribution in [2.24, 2.45) is 0 Å². The van der Waals surface area contributed by atoms with E-state index in [4.69, 9.17) is 0 Å². The zero-order valence-corrected chi connectivity index (χ0v) is 8.96. The summed E-state index contributed by atoms with van der Waals surface area (Å²) in [5.74, 6) is 0. The SMILES string of the molecule is CCNCC(C)n1cnc(C)c1C. The normalized spacial score (nSPS) is 13.2. The van der Waals surface area contributed by atoms with Gasteiger partial charge in [0.05, 0.1) is 12.0 Å². The third kappa shape index (κ3) is 2.31. The summed E-state index contributed by atoms with van der Waals surface area (Å²) in [6, 6.07) is 0.487. The summed E-state index contributed by atoms with van der Waals surface area (Å²) in [5, 5.41) is 3.33. The van der Waals surface area contributed by atoms with E-state index in [1.54, 1.807) is 0 Å². The number of nitrogens with zero attached hydrogens (tertiary/aromatic N) is 2. The number of imidazole rings is 1. The van der Waals surface area contributed by atoms with Crippen LogP contribution in [0.15, 0.2) is 6.33 Å². The van der Waals surface area contributed by atoms with Gasteiger partial charge in [0.1, 0.15) is 0 Å². The van der Waals surface area contributed by atoms with Gasteiger partial charge in [-0.3, -0.25) is 0 Å². The van der Waals surface area contributed by atoms with Crippen molar-refractivity contribution in [1.82, 2.24) is 14.9 Å². The molecule has 3 heteroatoms. The van der Waals surface area contributed by atoms with Gasteiger partial charge in [-0.2, -0.15) is 0 Å². The summed E-state index contributed by atoms with van der Waals surface area (Å²) in [7, 11) is 0. The summed E-state index contributed by atoms with van der Waals surface area (Å²) < 4.78 is 2.22. The average molecular weight is 181 g/mol. The van der Waals surface area contributed by atoms with Crippen LogP contribution in [0.2, 0.25) is 0 Å². The van der Waals surface area contributed by atoms with E-state index in [1.807, 2.05) is 13.3 Å². The minimum atomic E-state index is 0.487. The van der Waals surface area contributed by atoms with Gasteiger partial charge >= 0.3 is 0 Å². The molecule has 13 heavy (non-hydrogen) atoms. The van der Waals surface area contributed by atoms with Crippen molar-refractivity contribution < 1.29 is 0 Å². The van der Waals surface area contributed by atoms with E-state index in [0.717, 1.165) is 18.8 Å². The quantitative estimate of drug-likeness (QED) is 0.765. The Balaban J connectivity index is 2.65. The molecule has 0 aromatic carbocycles. The molecular weight excluding hydrogens is 162 g/mol. The fourth-order valence-corrected chi connectivity index (χ4v) is 1.41. The van der Waals surface area contributed by atoms with Crippen molar-refractivity contribution in [1.29, 1.82) is 0 Å². The van der Waals surface area contributed by atoms with Crippen LogP contribution in [0.4, 0.5) is 0 Å². The number of rotatable bonds is 4. The smallest absolute Gasteiger partial charge is 0.0954 e. The highest BCUT2D eigenvalue weighted by Gasteiger charge is 2.07. The molecule has 1 atom stereocenters. The molecule has 0 amide bonds. The van der Waals surface area contributed by atoms with Crippen molar-refractivity contribution in [3.63, 3.8) is 0 Å². The second-order valence-electron chi connectivity index (χ2n) is 3.48. The van der Waals surface area contributed by atoms with Gasteiger partial charge in [0.2, 0.25) is 0 Å². The number of aryl methyl sites for hydroxylation is 1. The summed E-state index contributed by atoms with van der Waals surface area (Å²) in [6.45, 7) is 10.5. The second kappa shape index (κ2) is 4.42. The Hall–Kier alpha value is -0.830. The van der Waals surface area contributed by atoms with Crippen molar-refractivity contribution in [2.75, 3.05) is 13.1 Å². The summed E-state index contributed by atoms with van der Waals surface area (Å²) in [6.07, 6.45) is 1.92. The Morgan fingerprint density at radius 3 is 2.69 bits per heavy atom. The molecule has 0 fully saturated rings. The van der Waals surface area contributed by atoms with Crippen molar-refractivity contribution in [3.05, 3.63) is 17.7 Å². The zero-order valence-electron chi connectivity index (χ0n) is 8.96. The summed E-state index contributed by atoms with van der Waals surface area (Å²) in [5.41, 5.74) is 2.40.